The van der Waals surface area contributed by atoms with Crippen molar-refractivity contribution in [2.75, 3.05) is 20.8 Å². The third-order valence-electron chi connectivity index (χ3n) is 4.86. The molecule has 1 aliphatic carbocycles. The van der Waals surface area contributed by atoms with Gasteiger partial charge in [-0.3, -0.25) is 4.79 Å². The van der Waals surface area contributed by atoms with Crippen LogP contribution in [0.4, 0.5) is 0 Å². The highest BCUT2D eigenvalue weighted by Gasteiger charge is 2.21. The van der Waals surface area contributed by atoms with Gasteiger partial charge in [0.15, 0.2) is 0 Å². The van der Waals surface area contributed by atoms with Crippen molar-refractivity contribution in [3.63, 3.8) is 0 Å². The van der Waals surface area contributed by atoms with E-state index < -0.39 is 0 Å². The summed E-state index contributed by atoms with van der Waals surface area (Å²) in [4.78, 5) is 12.1. The molecule has 2 aromatic rings. The Balaban J connectivity index is 1.63. The van der Waals surface area contributed by atoms with Crippen molar-refractivity contribution < 1.29 is 9.47 Å². The minimum Gasteiger partial charge on any atom is -0.497 e. The highest BCUT2D eigenvalue weighted by atomic mass is 16.5. The maximum absolute atomic E-state index is 12.1. The first kappa shape index (κ1) is 17.7. The molecule has 0 spiro atoms. The molecule has 1 unspecified atom stereocenters. The molecule has 1 atom stereocenters. The fourth-order valence-electron chi connectivity index (χ4n) is 3.43. The molecular formula is C20H26N2O3. The number of hydrogen-bond acceptors (Lipinski definition) is 4. The lowest BCUT2D eigenvalue weighted by molar-refractivity contribution is 0.184. The Hall–Kier alpha value is -2.11. The third-order valence-corrected chi connectivity index (χ3v) is 4.86. The maximum atomic E-state index is 12.1. The van der Waals surface area contributed by atoms with E-state index in [0.29, 0.717) is 19.2 Å². The van der Waals surface area contributed by atoms with Crippen molar-refractivity contribution >= 4 is 0 Å². The summed E-state index contributed by atoms with van der Waals surface area (Å²) in [5, 5.41) is 3.64. The number of benzene rings is 1. The Morgan fingerprint density at radius 2 is 1.96 bits per heavy atom. The second-order valence-electron chi connectivity index (χ2n) is 6.46. The van der Waals surface area contributed by atoms with Crippen molar-refractivity contribution in [1.82, 2.24) is 9.88 Å². The Morgan fingerprint density at radius 3 is 2.68 bits per heavy atom. The first-order chi connectivity index (χ1) is 12.2. The van der Waals surface area contributed by atoms with Crippen LogP contribution >= 0.6 is 0 Å². The van der Waals surface area contributed by atoms with Crippen LogP contribution in [0.1, 0.15) is 23.2 Å². The highest BCUT2D eigenvalue weighted by molar-refractivity contribution is 5.28. The number of methoxy groups -OCH3 is 2. The zero-order chi connectivity index (χ0) is 17.6. The van der Waals surface area contributed by atoms with Crippen molar-refractivity contribution in [2.45, 2.75) is 38.4 Å². The molecule has 1 N–H and O–H groups in total. The Morgan fingerprint density at radius 1 is 1.16 bits per heavy atom. The summed E-state index contributed by atoms with van der Waals surface area (Å²) in [5.74, 6) is 0.879. The van der Waals surface area contributed by atoms with Gasteiger partial charge in [0, 0.05) is 38.0 Å². The third kappa shape index (κ3) is 4.30. The molecule has 1 aliphatic rings. The van der Waals surface area contributed by atoms with Gasteiger partial charge in [0.25, 0.3) is 5.56 Å². The minimum atomic E-state index is 0.0699. The number of fused-ring (bicyclic) bond motifs is 1. The predicted octanol–water partition coefficient (Wildman–Crippen LogP) is 2.15. The van der Waals surface area contributed by atoms with E-state index in [-0.39, 0.29) is 5.56 Å². The molecule has 1 aromatic heterocycles. The Bertz CT molecular complexity index is 753. The summed E-state index contributed by atoms with van der Waals surface area (Å²) in [7, 11) is 3.35. The largest absolute Gasteiger partial charge is 0.497 e. The number of rotatable bonds is 7. The topological polar surface area (TPSA) is 52.5 Å². The quantitative estimate of drug-likeness (QED) is 0.838. The summed E-state index contributed by atoms with van der Waals surface area (Å²) < 4.78 is 12.2. The lowest BCUT2D eigenvalue weighted by Crippen LogP contribution is -2.37. The molecule has 0 aliphatic heterocycles. The van der Waals surface area contributed by atoms with E-state index in [4.69, 9.17) is 9.47 Å². The molecule has 0 saturated heterocycles. The normalized spacial score (nSPS) is 16.5. The van der Waals surface area contributed by atoms with E-state index in [1.54, 1.807) is 20.3 Å². The average molecular weight is 342 g/mol. The molecule has 0 radical (unpaired) electrons. The highest BCUT2D eigenvalue weighted by Crippen LogP contribution is 2.21. The Labute approximate surface area is 148 Å². The van der Waals surface area contributed by atoms with Crippen LogP contribution in [-0.4, -0.2) is 31.4 Å². The molecule has 0 fully saturated rings. The smallest absolute Gasteiger partial charge is 0.250 e. The maximum Gasteiger partial charge on any atom is 0.250 e. The second kappa shape index (κ2) is 8.32. The number of pyridine rings is 1. The summed E-state index contributed by atoms with van der Waals surface area (Å²) in [6, 6.07) is 12.3. The van der Waals surface area contributed by atoms with Gasteiger partial charge in [-0.15, -0.1) is 0 Å². The van der Waals surface area contributed by atoms with E-state index in [9.17, 15) is 4.79 Å². The van der Waals surface area contributed by atoms with Crippen LogP contribution in [0.2, 0.25) is 0 Å². The first-order valence-corrected chi connectivity index (χ1v) is 8.78. The van der Waals surface area contributed by atoms with E-state index in [1.165, 1.54) is 16.8 Å². The first-order valence-electron chi connectivity index (χ1n) is 8.78. The number of nitrogens with zero attached hydrogens (tertiary/aromatic N) is 1. The summed E-state index contributed by atoms with van der Waals surface area (Å²) in [6.07, 6.45) is 2.92. The zero-order valence-electron chi connectivity index (χ0n) is 15.0. The Kier molecular flexibility index (Phi) is 5.89. The van der Waals surface area contributed by atoms with Crippen molar-refractivity contribution in [2.24, 2.45) is 0 Å². The molecule has 1 aromatic carbocycles. The van der Waals surface area contributed by atoms with Gasteiger partial charge in [0.05, 0.1) is 13.7 Å². The van der Waals surface area contributed by atoms with Crippen LogP contribution in [-0.2, 0) is 30.7 Å². The van der Waals surface area contributed by atoms with Crippen molar-refractivity contribution in [3.8, 4) is 5.75 Å². The SMILES string of the molecule is COCCn1c2c(ccc1=O)CC(NCc1ccc(OC)cc1)CC2. The van der Waals surface area contributed by atoms with Crippen molar-refractivity contribution in [3.05, 3.63) is 63.6 Å². The number of aromatic nitrogens is 1. The fraction of sp³-hybridized carbons (Fsp3) is 0.450. The molecule has 5 nitrogen and oxygen atoms in total. The van der Waals surface area contributed by atoms with E-state index in [0.717, 1.165) is 31.6 Å². The lowest BCUT2D eigenvalue weighted by atomic mass is 9.91. The summed E-state index contributed by atoms with van der Waals surface area (Å²) in [5.41, 5.74) is 3.76. The standard InChI is InChI=1S/C20H26N2O3/c1-24-12-11-22-19-9-6-17(13-16(19)5-10-20(22)23)21-14-15-3-7-18(25-2)8-4-15/h3-5,7-8,10,17,21H,6,9,11-14H2,1-2H3. The molecule has 25 heavy (non-hydrogen) atoms. The molecule has 0 saturated carbocycles. The molecule has 134 valence electrons. The molecule has 1 heterocycles. The van der Waals surface area contributed by atoms with E-state index in [2.05, 4.69) is 17.4 Å². The number of nitrogens with one attached hydrogen (secondary N) is 1. The number of ether oxygens (including phenoxy) is 2. The lowest BCUT2D eigenvalue weighted by Gasteiger charge is -2.28. The molecule has 3 rings (SSSR count). The monoisotopic (exact) mass is 342 g/mol. The summed E-state index contributed by atoms with van der Waals surface area (Å²) >= 11 is 0. The van der Waals surface area contributed by atoms with Crippen LogP contribution in [0.3, 0.4) is 0 Å². The van der Waals surface area contributed by atoms with Crippen LogP contribution in [0.25, 0.3) is 0 Å². The minimum absolute atomic E-state index is 0.0699. The predicted molar refractivity (Wildman–Crippen MR) is 98.2 cm³/mol. The van der Waals surface area contributed by atoms with Gasteiger partial charge in [0.2, 0.25) is 0 Å². The van der Waals surface area contributed by atoms with Gasteiger partial charge in [0.1, 0.15) is 5.75 Å². The molecule has 0 bridgehead atoms. The van der Waals surface area contributed by atoms with Gasteiger partial charge < -0.3 is 19.4 Å². The van der Waals surface area contributed by atoms with Crippen LogP contribution in [0.15, 0.2) is 41.2 Å². The molecular weight excluding hydrogens is 316 g/mol. The van der Waals surface area contributed by atoms with Gasteiger partial charge in [-0.2, -0.15) is 0 Å². The van der Waals surface area contributed by atoms with Gasteiger partial charge in [-0.05, 0) is 42.5 Å². The van der Waals surface area contributed by atoms with Crippen LogP contribution in [0.5, 0.6) is 5.75 Å². The van der Waals surface area contributed by atoms with Gasteiger partial charge in [-0.25, -0.2) is 0 Å². The van der Waals surface area contributed by atoms with E-state index >= 15 is 0 Å². The zero-order valence-corrected chi connectivity index (χ0v) is 15.0. The van der Waals surface area contributed by atoms with Crippen molar-refractivity contribution in [1.29, 1.82) is 0 Å². The van der Waals surface area contributed by atoms with E-state index in [1.807, 2.05) is 22.8 Å². The van der Waals surface area contributed by atoms with Gasteiger partial charge >= 0.3 is 0 Å². The molecule has 5 heteroatoms. The number of hydrogen-bond donors (Lipinski definition) is 1. The summed E-state index contributed by atoms with van der Waals surface area (Å²) in [6.45, 7) is 2.03. The molecule has 0 amide bonds. The van der Waals surface area contributed by atoms with Crippen LogP contribution < -0.4 is 15.6 Å². The van der Waals surface area contributed by atoms with Crippen LogP contribution in [0, 0.1) is 0 Å². The van der Waals surface area contributed by atoms with Gasteiger partial charge in [-0.1, -0.05) is 18.2 Å². The fourth-order valence-corrected chi connectivity index (χ4v) is 3.43. The second-order valence-corrected chi connectivity index (χ2v) is 6.46. The average Bonchev–Trinajstić information content (AvgIpc) is 2.66.